The van der Waals surface area contributed by atoms with E-state index in [0.29, 0.717) is 17.9 Å². The Kier molecular flexibility index (Phi) is 3.43. The molecule has 0 saturated heterocycles. The summed E-state index contributed by atoms with van der Waals surface area (Å²) in [5.74, 6) is 0.490. The van der Waals surface area contributed by atoms with Crippen LogP contribution in [0.4, 0.5) is 10.1 Å². The Morgan fingerprint density at radius 2 is 2.14 bits per heavy atom. The van der Waals surface area contributed by atoms with Crippen molar-refractivity contribution in [2.24, 2.45) is 0 Å². The highest BCUT2D eigenvalue weighted by molar-refractivity contribution is 5.50. The van der Waals surface area contributed by atoms with Gasteiger partial charge in [0.25, 0.3) is 0 Å². The predicted molar refractivity (Wildman–Crippen MR) is 78.9 cm³/mol. The third-order valence-corrected chi connectivity index (χ3v) is 3.20. The van der Waals surface area contributed by atoms with E-state index in [0.717, 1.165) is 17.2 Å². The smallest absolute Gasteiger partial charge is 0.150 e. The van der Waals surface area contributed by atoms with Crippen molar-refractivity contribution in [3.05, 3.63) is 59.7 Å². The van der Waals surface area contributed by atoms with E-state index in [4.69, 9.17) is 0 Å². The number of rotatable bonds is 4. The van der Waals surface area contributed by atoms with Crippen LogP contribution in [-0.4, -0.2) is 19.7 Å². The molecule has 0 aliphatic rings. The fraction of sp³-hybridized carbons (Fsp3) is 0.200. The lowest BCUT2D eigenvalue weighted by molar-refractivity contribution is 0.608. The summed E-state index contributed by atoms with van der Waals surface area (Å²) in [7, 11) is 0. The van der Waals surface area contributed by atoms with Gasteiger partial charge in [-0.25, -0.2) is 14.1 Å². The van der Waals surface area contributed by atoms with Crippen LogP contribution in [0.25, 0.3) is 5.69 Å². The molecule has 0 atom stereocenters. The molecule has 0 radical (unpaired) electrons. The largest absolute Gasteiger partial charge is 0.378 e. The molecule has 5 nitrogen and oxygen atoms in total. The highest BCUT2D eigenvalue weighted by Gasteiger charge is 2.09. The quantitative estimate of drug-likeness (QED) is 0.775. The number of nitrogens with one attached hydrogen (secondary N) is 2. The van der Waals surface area contributed by atoms with Gasteiger partial charge in [0.2, 0.25) is 0 Å². The van der Waals surface area contributed by atoms with Gasteiger partial charge >= 0.3 is 0 Å². The van der Waals surface area contributed by atoms with Gasteiger partial charge in [-0.2, -0.15) is 5.10 Å². The topological polar surface area (TPSA) is 58.5 Å². The lowest BCUT2D eigenvalue weighted by atomic mass is 10.2. The summed E-state index contributed by atoms with van der Waals surface area (Å²) in [5, 5.41) is 7.42. The van der Waals surface area contributed by atoms with E-state index >= 15 is 0 Å². The molecule has 2 heterocycles. The van der Waals surface area contributed by atoms with Gasteiger partial charge in [0.05, 0.1) is 12.2 Å². The minimum Gasteiger partial charge on any atom is -0.378 e. The third-order valence-electron chi connectivity index (χ3n) is 3.20. The number of nitrogens with zero attached hydrogens (tertiary/aromatic N) is 3. The highest BCUT2D eigenvalue weighted by atomic mass is 19.1. The summed E-state index contributed by atoms with van der Waals surface area (Å²) in [4.78, 5) is 7.10. The molecule has 0 fully saturated rings. The summed E-state index contributed by atoms with van der Waals surface area (Å²) >= 11 is 0. The number of aryl methyl sites for hydroxylation is 2. The van der Waals surface area contributed by atoms with Crippen LogP contribution in [0.3, 0.4) is 0 Å². The van der Waals surface area contributed by atoms with Crippen LogP contribution in [0.5, 0.6) is 0 Å². The van der Waals surface area contributed by atoms with Crippen LogP contribution in [0.2, 0.25) is 0 Å². The SMILES string of the molecule is Cc1cc(C)n(-c2ccc(NCc3ncc[nH]3)cc2F)n1. The molecule has 0 unspecified atom stereocenters. The van der Waals surface area contributed by atoms with Gasteiger partial charge in [0, 0.05) is 23.8 Å². The Bertz CT molecular complexity index is 746. The molecule has 0 saturated carbocycles. The zero-order chi connectivity index (χ0) is 14.8. The maximum atomic E-state index is 14.3. The van der Waals surface area contributed by atoms with E-state index in [1.54, 1.807) is 23.1 Å². The number of hydrogen-bond acceptors (Lipinski definition) is 3. The van der Waals surface area contributed by atoms with Gasteiger partial charge in [-0.1, -0.05) is 0 Å². The second-order valence-electron chi connectivity index (χ2n) is 4.89. The van der Waals surface area contributed by atoms with Crippen molar-refractivity contribution in [3.8, 4) is 5.69 Å². The second-order valence-corrected chi connectivity index (χ2v) is 4.89. The molecule has 0 spiro atoms. The number of benzene rings is 1. The zero-order valence-electron chi connectivity index (χ0n) is 11.9. The van der Waals surface area contributed by atoms with Gasteiger partial charge in [-0.15, -0.1) is 0 Å². The van der Waals surface area contributed by atoms with Crippen LogP contribution in [0.15, 0.2) is 36.7 Å². The first kappa shape index (κ1) is 13.4. The number of aromatic amines is 1. The molecule has 0 bridgehead atoms. The maximum Gasteiger partial charge on any atom is 0.150 e. The molecular formula is C15H16FN5. The summed E-state index contributed by atoms with van der Waals surface area (Å²) in [6, 6.07) is 6.94. The number of hydrogen-bond donors (Lipinski definition) is 2. The van der Waals surface area contributed by atoms with Crippen LogP contribution >= 0.6 is 0 Å². The monoisotopic (exact) mass is 285 g/mol. The Morgan fingerprint density at radius 1 is 1.29 bits per heavy atom. The lowest BCUT2D eigenvalue weighted by Gasteiger charge is -2.09. The Balaban J connectivity index is 1.81. The summed E-state index contributed by atoms with van der Waals surface area (Å²) in [6.07, 6.45) is 3.44. The molecule has 0 aliphatic heterocycles. The van der Waals surface area contributed by atoms with Crippen LogP contribution in [-0.2, 0) is 6.54 Å². The normalized spacial score (nSPS) is 10.8. The van der Waals surface area contributed by atoms with Gasteiger partial charge in [-0.3, -0.25) is 0 Å². The maximum absolute atomic E-state index is 14.3. The predicted octanol–water partition coefficient (Wildman–Crippen LogP) is 2.96. The fourth-order valence-corrected chi connectivity index (χ4v) is 2.24. The molecule has 3 rings (SSSR count). The molecular weight excluding hydrogens is 269 g/mol. The van der Waals surface area contributed by atoms with Crippen molar-refractivity contribution >= 4 is 5.69 Å². The lowest BCUT2D eigenvalue weighted by Crippen LogP contribution is -2.05. The Labute approximate surface area is 121 Å². The Morgan fingerprint density at radius 3 is 2.76 bits per heavy atom. The molecule has 21 heavy (non-hydrogen) atoms. The number of halogens is 1. The number of H-pyrrole nitrogens is 1. The van der Waals surface area contributed by atoms with E-state index in [2.05, 4.69) is 20.4 Å². The molecule has 3 aromatic rings. The molecule has 6 heteroatoms. The molecule has 108 valence electrons. The van der Waals surface area contributed by atoms with E-state index < -0.39 is 0 Å². The van der Waals surface area contributed by atoms with E-state index in [9.17, 15) is 4.39 Å². The number of aromatic nitrogens is 4. The fourth-order valence-electron chi connectivity index (χ4n) is 2.24. The van der Waals surface area contributed by atoms with Crippen molar-refractivity contribution in [2.75, 3.05) is 5.32 Å². The van der Waals surface area contributed by atoms with Crippen LogP contribution in [0.1, 0.15) is 17.2 Å². The summed E-state index contributed by atoms with van der Waals surface area (Å²) < 4.78 is 15.9. The average molecular weight is 285 g/mol. The van der Waals surface area contributed by atoms with Gasteiger partial charge < -0.3 is 10.3 Å². The van der Waals surface area contributed by atoms with Crippen molar-refractivity contribution in [2.45, 2.75) is 20.4 Å². The van der Waals surface area contributed by atoms with Crippen molar-refractivity contribution in [1.82, 2.24) is 19.7 Å². The highest BCUT2D eigenvalue weighted by Crippen LogP contribution is 2.20. The first-order chi connectivity index (χ1) is 10.1. The van der Waals surface area contributed by atoms with Gasteiger partial charge in [-0.05, 0) is 38.1 Å². The third kappa shape index (κ3) is 2.79. The molecule has 1 aromatic carbocycles. The molecule has 0 amide bonds. The molecule has 2 aromatic heterocycles. The minimum absolute atomic E-state index is 0.314. The molecule has 2 N–H and O–H groups in total. The first-order valence-corrected chi connectivity index (χ1v) is 6.69. The summed E-state index contributed by atoms with van der Waals surface area (Å²) in [5.41, 5.74) is 2.92. The zero-order valence-corrected chi connectivity index (χ0v) is 11.9. The second kappa shape index (κ2) is 5.40. The molecule has 0 aliphatic carbocycles. The van der Waals surface area contributed by atoms with Crippen molar-refractivity contribution < 1.29 is 4.39 Å². The van der Waals surface area contributed by atoms with Crippen LogP contribution in [0, 0.1) is 19.7 Å². The number of imidazole rings is 1. The van der Waals surface area contributed by atoms with E-state index in [1.807, 2.05) is 26.0 Å². The Hall–Kier alpha value is -2.63. The van der Waals surface area contributed by atoms with Gasteiger partial charge in [0.15, 0.2) is 5.82 Å². The minimum atomic E-state index is -0.314. The average Bonchev–Trinajstić information content (AvgIpc) is 3.06. The van der Waals surface area contributed by atoms with Gasteiger partial charge in [0.1, 0.15) is 11.5 Å². The van der Waals surface area contributed by atoms with E-state index in [1.165, 1.54) is 6.07 Å². The standard InChI is InChI=1S/C15H16FN5/c1-10-7-11(2)21(20-10)14-4-3-12(8-13(14)16)19-9-15-17-5-6-18-15/h3-8,19H,9H2,1-2H3,(H,17,18). The first-order valence-electron chi connectivity index (χ1n) is 6.69. The van der Waals surface area contributed by atoms with Crippen molar-refractivity contribution in [3.63, 3.8) is 0 Å². The van der Waals surface area contributed by atoms with Crippen LogP contribution < -0.4 is 5.32 Å². The summed E-state index contributed by atoms with van der Waals surface area (Å²) in [6.45, 7) is 4.31. The van der Waals surface area contributed by atoms with E-state index in [-0.39, 0.29) is 5.82 Å². The number of anilines is 1. The van der Waals surface area contributed by atoms with Crippen molar-refractivity contribution in [1.29, 1.82) is 0 Å².